The third-order valence-electron chi connectivity index (χ3n) is 4.78. The fourth-order valence-corrected chi connectivity index (χ4v) is 3.31. The van der Waals surface area contributed by atoms with Gasteiger partial charge in [-0.2, -0.15) is 0 Å². The highest BCUT2D eigenvalue weighted by Crippen LogP contribution is 2.26. The average Bonchev–Trinajstić information content (AvgIpc) is 2.75. The molecule has 1 aromatic carbocycles. The number of carbonyl (C=O) groups is 1. The van der Waals surface area contributed by atoms with Gasteiger partial charge in [-0.1, -0.05) is 30.3 Å². The lowest BCUT2D eigenvalue weighted by Gasteiger charge is -2.34. The Hall–Kier alpha value is -3.32. The first kappa shape index (κ1) is 18.1. The second-order valence-corrected chi connectivity index (χ2v) is 6.69. The maximum absolute atomic E-state index is 10.9. The van der Waals surface area contributed by atoms with Gasteiger partial charge in [-0.3, -0.25) is 14.7 Å². The van der Waals surface area contributed by atoms with Crippen LogP contribution in [0.3, 0.4) is 0 Å². The standard InChI is InChI=1S/C21H21N5O2/c27-20(28)15-25-10-12-26(13-11-25)19-14-18(16-6-8-22-9-7-16)23-21(24-19)17-4-2-1-3-5-17/h1-9,14H,10-13,15H2,(H,27,28). The number of hydrogen-bond acceptors (Lipinski definition) is 6. The smallest absolute Gasteiger partial charge is 0.317 e. The molecule has 2 aromatic heterocycles. The van der Waals surface area contributed by atoms with E-state index in [4.69, 9.17) is 15.1 Å². The highest BCUT2D eigenvalue weighted by molar-refractivity contribution is 5.69. The fraction of sp³-hybridized carbons (Fsp3) is 0.238. The predicted molar refractivity (Wildman–Crippen MR) is 107 cm³/mol. The summed E-state index contributed by atoms with van der Waals surface area (Å²) in [6, 6.07) is 15.8. The zero-order valence-corrected chi connectivity index (χ0v) is 15.4. The van der Waals surface area contributed by atoms with Crippen molar-refractivity contribution in [2.75, 3.05) is 37.6 Å². The third-order valence-corrected chi connectivity index (χ3v) is 4.78. The molecule has 7 heteroatoms. The minimum Gasteiger partial charge on any atom is -0.480 e. The molecule has 0 atom stereocenters. The summed E-state index contributed by atoms with van der Waals surface area (Å²) in [5.41, 5.74) is 2.80. The summed E-state index contributed by atoms with van der Waals surface area (Å²) in [4.78, 5) is 28.7. The molecule has 142 valence electrons. The van der Waals surface area contributed by atoms with Gasteiger partial charge < -0.3 is 10.0 Å². The molecule has 1 fully saturated rings. The first-order valence-corrected chi connectivity index (χ1v) is 9.23. The number of anilines is 1. The van der Waals surface area contributed by atoms with Crippen molar-refractivity contribution in [3.8, 4) is 22.6 Å². The Labute approximate surface area is 163 Å². The zero-order chi connectivity index (χ0) is 19.3. The number of carboxylic acid groups (broad SMARTS) is 1. The van der Waals surface area contributed by atoms with Crippen molar-refractivity contribution in [3.63, 3.8) is 0 Å². The van der Waals surface area contributed by atoms with E-state index in [9.17, 15) is 4.79 Å². The lowest BCUT2D eigenvalue weighted by molar-refractivity contribution is -0.138. The summed E-state index contributed by atoms with van der Waals surface area (Å²) < 4.78 is 0. The molecule has 0 spiro atoms. The fourth-order valence-electron chi connectivity index (χ4n) is 3.31. The van der Waals surface area contributed by atoms with Gasteiger partial charge in [-0.05, 0) is 12.1 Å². The minimum absolute atomic E-state index is 0.0785. The van der Waals surface area contributed by atoms with Crippen LogP contribution in [0, 0.1) is 0 Å². The normalized spacial score (nSPS) is 14.8. The minimum atomic E-state index is -0.790. The van der Waals surface area contributed by atoms with Crippen LogP contribution in [-0.4, -0.2) is 63.7 Å². The van der Waals surface area contributed by atoms with E-state index in [1.54, 1.807) is 12.4 Å². The maximum Gasteiger partial charge on any atom is 0.317 e. The lowest BCUT2D eigenvalue weighted by atomic mass is 10.1. The molecule has 0 saturated carbocycles. The van der Waals surface area contributed by atoms with E-state index >= 15 is 0 Å². The molecule has 0 aliphatic carbocycles. The van der Waals surface area contributed by atoms with Crippen molar-refractivity contribution in [3.05, 3.63) is 60.9 Å². The van der Waals surface area contributed by atoms with Crippen LogP contribution >= 0.6 is 0 Å². The molecule has 1 aliphatic rings. The van der Waals surface area contributed by atoms with Crippen molar-refractivity contribution in [1.82, 2.24) is 19.9 Å². The summed E-state index contributed by atoms with van der Waals surface area (Å²) in [5, 5.41) is 8.99. The topological polar surface area (TPSA) is 82.5 Å². The Kier molecular flexibility index (Phi) is 5.25. The number of aromatic nitrogens is 3. The number of carboxylic acids is 1. The monoisotopic (exact) mass is 375 g/mol. The van der Waals surface area contributed by atoms with Crippen LogP contribution in [0.5, 0.6) is 0 Å². The summed E-state index contributed by atoms with van der Waals surface area (Å²) >= 11 is 0. The molecule has 0 amide bonds. The van der Waals surface area contributed by atoms with Gasteiger partial charge in [0, 0.05) is 55.8 Å². The Morgan fingerprint density at radius 3 is 2.32 bits per heavy atom. The van der Waals surface area contributed by atoms with Crippen LogP contribution < -0.4 is 4.90 Å². The molecule has 0 bridgehead atoms. The van der Waals surface area contributed by atoms with Gasteiger partial charge in [0.15, 0.2) is 5.82 Å². The van der Waals surface area contributed by atoms with E-state index in [1.165, 1.54) is 0 Å². The molecular formula is C21H21N5O2. The van der Waals surface area contributed by atoms with Crippen molar-refractivity contribution in [2.24, 2.45) is 0 Å². The number of hydrogen-bond donors (Lipinski definition) is 1. The lowest BCUT2D eigenvalue weighted by Crippen LogP contribution is -2.48. The van der Waals surface area contributed by atoms with E-state index in [2.05, 4.69) is 9.88 Å². The summed E-state index contributed by atoms with van der Waals surface area (Å²) in [7, 11) is 0. The predicted octanol–water partition coefficient (Wildman–Crippen LogP) is 2.41. The molecule has 28 heavy (non-hydrogen) atoms. The van der Waals surface area contributed by atoms with Crippen molar-refractivity contribution in [1.29, 1.82) is 0 Å². The SMILES string of the molecule is O=C(O)CN1CCN(c2cc(-c3ccncc3)nc(-c3ccccc3)n2)CC1. The number of piperazine rings is 1. The van der Waals surface area contributed by atoms with Crippen molar-refractivity contribution in [2.45, 2.75) is 0 Å². The molecule has 1 saturated heterocycles. The largest absolute Gasteiger partial charge is 0.480 e. The van der Waals surface area contributed by atoms with Crippen LogP contribution in [0.1, 0.15) is 0 Å². The number of benzene rings is 1. The zero-order valence-electron chi connectivity index (χ0n) is 15.4. The first-order valence-electron chi connectivity index (χ1n) is 9.23. The average molecular weight is 375 g/mol. The number of aliphatic carboxylic acids is 1. The second-order valence-electron chi connectivity index (χ2n) is 6.69. The van der Waals surface area contributed by atoms with E-state index in [-0.39, 0.29) is 6.54 Å². The Bertz CT molecular complexity index is 884. The first-order chi connectivity index (χ1) is 13.7. The van der Waals surface area contributed by atoms with Gasteiger partial charge >= 0.3 is 5.97 Å². The van der Waals surface area contributed by atoms with Gasteiger partial charge in [0.1, 0.15) is 5.82 Å². The molecule has 1 aliphatic heterocycles. The van der Waals surface area contributed by atoms with Crippen LogP contribution in [0.15, 0.2) is 60.9 Å². The Balaban J connectivity index is 1.66. The van der Waals surface area contributed by atoms with E-state index in [0.29, 0.717) is 18.9 Å². The van der Waals surface area contributed by atoms with Gasteiger partial charge in [0.05, 0.1) is 12.2 Å². The molecule has 7 nitrogen and oxygen atoms in total. The second kappa shape index (κ2) is 8.14. The molecule has 3 aromatic rings. The van der Waals surface area contributed by atoms with E-state index < -0.39 is 5.97 Å². The molecule has 3 heterocycles. The van der Waals surface area contributed by atoms with Crippen molar-refractivity contribution >= 4 is 11.8 Å². The van der Waals surface area contributed by atoms with Crippen LogP contribution in [0.4, 0.5) is 5.82 Å². The summed E-state index contributed by atoms with van der Waals surface area (Å²) in [6.07, 6.45) is 3.51. The van der Waals surface area contributed by atoms with Crippen molar-refractivity contribution < 1.29 is 9.90 Å². The van der Waals surface area contributed by atoms with Gasteiger partial charge in [0.25, 0.3) is 0 Å². The van der Waals surface area contributed by atoms with E-state index in [1.807, 2.05) is 53.4 Å². The summed E-state index contributed by atoms with van der Waals surface area (Å²) in [5.74, 6) is 0.746. The summed E-state index contributed by atoms with van der Waals surface area (Å²) in [6.45, 7) is 2.93. The van der Waals surface area contributed by atoms with Crippen LogP contribution in [0.2, 0.25) is 0 Å². The van der Waals surface area contributed by atoms with Gasteiger partial charge in [0.2, 0.25) is 0 Å². The number of pyridine rings is 1. The van der Waals surface area contributed by atoms with Crippen LogP contribution in [-0.2, 0) is 4.79 Å². The number of nitrogens with zero attached hydrogens (tertiary/aromatic N) is 5. The Morgan fingerprint density at radius 1 is 0.929 bits per heavy atom. The quantitative estimate of drug-likeness (QED) is 0.733. The van der Waals surface area contributed by atoms with E-state index in [0.717, 1.165) is 35.7 Å². The van der Waals surface area contributed by atoms with Gasteiger partial charge in [-0.15, -0.1) is 0 Å². The van der Waals surface area contributed by atoms with Gasteiger partial charge in [-0.25, -0.2) is 9.97 Å². The Morgan fingerprint density at radius 2 is 1.64 bits per heavy atom. The maximum atomic E-state index is 10.9. The highest BCUT2D eigenvalue weighted by atomic mass is 16.4. The highest BCUT2D eigenvalue weighted by Gasteiger charge is 2.21. The molecule has 0 radical (unpaired) electrons. The molecular weight excluding hydrogens is 354 g/mol. The molecule has 4 rings (SSSR count). The third kappa shape index (κ3) is 4.15. The number of rotatable bonds is 5. The molecule has 0 unspecified atom stereocenters. The molecule has 1 N–H and O–H groups in total. The van der Waals surface area contributed by atoms with Crippen LogP contribution in [0.25, 0.3) is 22.6 Å².